The number of carbonyl (C=O) groups excluding carboxylic acids is 1. The van der Waals surface area contributed by atoms with E-state index in [1.807, 2.05) is 24.3 Å². The Kier molecular flexibility index (Phi) is 4.54. The molecule has 1 aromatic carbocycles. The standard InChI is InChI=1S/C18H18ClN3OS2/c1-10(2)22-8-7-12-14(9-22)25-18(20-12)21-17(23)16-15(19)11-5-3-4-6-13(11)24-16/h3-6,10H,7-9H2,1-2H3,(H,20,21,23). The average Bonchev–Trinajstić information content (AvgIpc) is 3.15. The Balaban J connectivity index is 1.56. The molecule has 0 bridgehead atoms. The van der Waals surface area contributed by atoms with E-state index in [9.17, 15) is 4.79 Å². The number of halogens is 1. The van der Waals surface area contributed by atoms with Gasteiger partial charge in [0.1, 0.15) is 4.88 Å². The number of benzene rings is 1. The lowest BCUT2D eigenvalue weighted by atomic mass is 10.1. The van der Waals surface area contributed by atoms with Crippen molar-refractivity contribution in [2.45, 2.75) is 32.9 Å². The summed E-state index contributed by atoms with van der Waals surface area (Å²) in [5.74, 6) is -0.182. The number of thiazole rings is 1. The molecule has 0 atom stereocenters. The first kappa shape index (κ1) is 17.0. The Morgan fingerprint density at radius 3 is 2.88 bits per heavy atom. The maximum Gasteiger partial charge on any atom is 0.269 e. The van der Waals surface area contributed by atoms with Crippen LogP contribution in [0.1, 0.15) is 34.1 Å². The number of hydrogen-bond acceptors (Lipinski definition) is 5. The summed E-state index contributed by atoms with van der Waals surface area (Å²) in [6.45, 7) is 6.34. The smallest absolute Gasteiger partial charge is 0.269 e. The highest BCUT2D eigenvalue weighted by atomic mass is 35.5. The van der Waals surface area contributed by atoms with Crippen LogP contribution >= 0.6 is 34.3 Å². The number of nitrogens with zero attached hydrogens (tertiary/aromatic N) is 2. The van der Waals surface area contributed by atoms with Crippen LogP contribution in [0.25, 0.3) is 10.1 Å². The van der Waals surface area contributed by atoms with Gasteiger partial charge in [-0.25, -0.2) is 4.98 Å². The molecule has 0 saturated heterocycles. The van der Waals surface area contributed by atoms with Crippen LogP contribution in [0, 0.1) is 0 Å². The van der Waals surface area contributed by atoms with E-state index < -0.39 is 0 Å². The van der Waals surface area contributed by atoms with Crippen LogP contribution < -0.4 is 5.32 Å². The molecule has 0 radical (unpaired) electrons. The number of thiophene rings is 1. The average molecular weight is 392 g/mol. The first-order valence-electron chi connectivity index (χ1n) is 8.24. The molecule has 7 heteroatoms. The summed E-state index contributed by atoms with van der Waals surface area (Å²) >= 11 is 9.38. The summed E-state index contributed by atoms with van der Waals surface area (Å²) in [5, 5.41) is 5.04. The van der Waals surface area contributed by atoms with Gasteiger partial charge in [0.15, 0.2) is 5.13 Å². The summed E-state index contributed by atoms with van der Waals surface area (Å²) in [7, 11) is 0. The Morgan fingerprint density at radius 1 is 1.32 bits per heavy atom. The highest BCUT2D eigenvalue weighted by Crippen LogP contribution is 2.36. The highest BCUT2D eigenvalue weighted by molar-refractivity contribution is 7.22. The van der Waals surface area contributed by atoms with Gasteiger partial charge in [-0.15, -0.1) is 22.7 Å². The summed E-state index contributed by atoms with van der Waals surface area (Å²) in [5.41, 5.74) is 1.11. The molecule has 4 nitrogen and oxygen atoms in total. The molecule has 1 aliphatic heterocycles. The fourth-order valence-electron chi connectivity index (χ4n) is 3.02. The van der Waals surface area contributed by atoms with Crippen molar-refractivity contribution in [1.29, 1.82) is 0 Å². The minimum atomic E-state index is -0.182. The van der Waals surface area contributed by atoms with E-state index >= 15 is 0 Å². The van der Waals surface area contributed by atoms with Crippen LogP contribution in [0.3, 0.4) is 0 Å². The van der Waals surface area contributed by atoms with Gasteiger partial charge in [0.05, 0.1) is 10.7 Å². The maximum absolute atomic E-state index is 12.7. The number of anilines is 1. The number of amides is 1. The van der Waals surface area contributed by atoms with Gasteiger partial charge in [0, 0.05) is 40.5 Å². The third kappa shape index (κ3) is 3.19. The van der Waals surface area contributed by atoms with Crippen LogP contribution in [0.5, 0.6) is 0 Å². The number of aromatic nitrogens is 1. The number of fused-ring (bicyclic) bond motifs is 2. The van der Waals surface area contributed by atoms with E-state index in [0.29, 0.717) is 21.1 Å². The van der Waals surface area contributed by atoms with Gasteiger partial charge in [-0.1, -0.05) is 29.8 Å². The van der Waals surface area contributed by atoms with Gasteiger partial charge in [0.2, 0.25) is 0 Å². The quantitative estimate of drug-likeness (QED) is 0.681. The summed E-state index contributed by atoms with van der Waals surface area (Å²) < 4.78 is 1.02. The van der Waals surface area contributed by atoms with Gasteiger partial charge < -0.3 is 0 Å². The van der Waals surface area contributed by atoms with Crippen molar-refractivity contribution < 1.29 is 4.79 Å². The second kappa shape index (κ2) is 6.68. The molecule has 0 unspecified atom stereocenters. The molecule has 2 aromatic heterocycles. The molecule has 0 saturated carbocycles. The van der Waals surface area contributed by atoms with Crippen LogP contribution in [-0.4, -0.2) is 28.4 Å². The summed E-state index contributed by atoms with van der Waals surface area (Å²) in [6, 6.07) is 8.31. The summed E-state index contributed by atoms with van der Waals surface area (Å²) in [4.78, 5) is 21.5. The molecule has 25 heavy (non-hydrogen) atoms. The molecule has 3 aromatic rings. The lowest BCUT2D eigenvalue weighted by Crippen LogP contribution is -2.35. The monoisotopic (exact) mass is 391 g/mol. The van der Waals surface area contributed by atoms with Crippen LogP contribution in [0.4, 0.5) is 5.13 Å². The van der Waals surface area contributed by atoms with E-state index in [2.05, 4.69) is 29.0 Å². The van der Waals surface area contributed by atoms with Crippen molar-refractivity contribution in [3.63, 3.8) is 0 Å². The molecule has 1 amide bonds. The lowest BCUT2D eigenvalue weighted by molar-refractivity contribution is 0.103. The summed E-state index contributed by atoms with van der Waals surface area (Å²) in [6.07, 6.45) is 0.934. The van der Waals surface area contributed by atoms with E-state index in [1.165, 1.54) is 16.2 Å². The molecule has 0 spiro atoms. The van der Waals surface area contributed by atoms with Crippen molar-refractivity contribution in [3.8, 4) is 0 Å². The second-order valence-electron chi connectivity index (χ2n) is 6.40. The number of hydrogen-bond donors (Lipinski definition) is 1. The van der Waals surface area contributed by atoms with Crippen molar-refractivity contribution in [2.24, 2.45) is 0 Å². The van der Waals surface area contributed by atoms with Gasteiger partial charge in [-0.05, 0) is 19.9 Å². The molecule has 1 N–H and O–H groups in total. The van der Waals surface area contributed by atoms with Crippen molar-refractivity contribution in [3.05, 3.63) is 44.7 Å². The fourth-order valence-corrected chi connectivity index (χ4v) is 5.46. The molecule has 0 aliphatic carbocycles. The van der Waals surface area contributed by atoms with Crippen LogP contribution in [-0.2, 0) is 13.0 Å². The number of nitrogens with one attached hydrogen (secondary N) is 1. The van der Waals surface area contributed by atoms with Crippen LogP contribution in [0.15, 0.2) is 24.3 Å². The topological polar surface area (TPSA) is 45.2 Å². The van der Waals surface area contributed by atoms with E-state index in [4.69, 9.17) is 11.6 Å². The Bertz CT molecular complexity index is 947. The molecular weight excluding hydrogens is 374 g/mol. The lowest BCUT2D eigenvalue weighted by Gasteiger charge is -2.29. The highest BCUT2D eigenvalue weighted by Gasteiger charge is 2.24. The number of rotatable bonds is 3. The van der Waals surface area contributed by atoms with Gasteiger partial charge in [0.25, 0.3) is 5.91 Å². The third-order valence-electron chi connectivity index (χ3n) is 4.45. The first-order valence-corrected chi connectivity index (χ1v) is 10.2. The number of carbonyl (C=O) groups is 1. The first-order chi connectivity index (χ1) is 12.0. The maximum atomic E-state index is 12.7. The molecular formula is C18H18ClN3OS2. The van der Waals surface area contributed by atoms with Gasteiger partial charge in [-0.2, -0.15) is 0 Å². The Labute approximate surface area is 159 Å². The molecule has 1 aliphatic rings. The van der Waals surface area contributed by atoms with Crippen molar-refractivity contribution in [2.75, 3.05) is 11.9 Å². The van der Waals surface area contributed by atoms with E-state index in [1.54, 1.807) is 11.3 Å². The normalized spacial score (nSPS) is 14.9. The zero-order valence-corrected chi connectivity index (χ0v) is 16.4. The predicted octanol–water partition coefficient (Wildman–Crippen LogP) is 5.03. The molecule has 4 rings (SSSR count). The molecule has 0 fully saturated rings. The zero-order valence-electron chi connectivity index (χ0n) is 14.0. The van der Waals surface area contributed by atoms with Crippen LogP contribution in [0.2, 0.25) is 5.02 Å². The van der Waals surface area contributed by atoms with Gasteiger partial charge >= 0.3 is 0 Å². The zero-order chi connectivity index (χ0) is 17.6. The van der Waals surface area contributed by atoms with Gasteiger partial charge in [-0.3, -0.25) is 15.0 Å². The largest absolute Gasteiger partial charge is 0.297 e. The minimum absolute atomic E-state index is 0.182. The Morgan fingerprint density at radius 2 is 2.12 bits per heavy atom. The third-order valence-corrected chi connectivity index (χ3v) is 7.12. The van der Waals surface area contributed by atoms with E-state index in [0.717, 1.165) is 35.3 Å². The molecule has 3 heterocycles. The van der Waals surface area contributed by atoms with Crippen molar-refractivity contribution in [1.82, 2.24) is 9.88 Å². The second-order valence-corrected chi connectivity index (χ2v) is 8.91. The SMILES string of the molecule is CC(C)N1CCc2nc(NC(=O)c3sc4ccccc4c3Cl)sc2C1. The minimum Gasteiger partial charge on any atom is -0.297 e. The van der Waals surface area contributed by atoms with E-state index in [-0.39, 0.29) is 5.91 Å². The molecule has 130 valence electrons. The van der Waals surface area contributed by atoms with Crippen molar-refractivity contribution >= 4 is 55.4 Å². The fraction of sp³-hybridized carbons (Fsp3) is 0.333. The predicted molar refractivity (Wildman–Crippen MR) is 106 cm³/mol. The Hall–Kier alpha value is -1.47.